The number of pyridine rings is 1. The molecule has 0 saturated carbocycles. The molecule has 11 nitrogen and oxygen atoms in total. The number of fused-ring (bicyclic) bond motifs is 2. The Bertz CT molecular complexity index is 1750. The summed E-state index contributed by atoms with van der Waals surface area (Å²) in [5.74, 6) is -0.748. The molecule has 0 radical (unpaired) electrons. The van der Waals surface area contributed by atoms with E-state index in [4.69, 9.17) is 21.9 Å². The molecule has 0 aliphatic carbocycles. The number of ether oxygens (including phenoxy) is 1. The van der Waals surface area contributed by atoms with Gasteiger partial charge in [-0.15, -0.1) is 11.3 Å². The van der Waals surface area contributed by atoms with Crippen molar-refractivity contribution in [3.8, 4) is 22.9 Å². The molecule has 12 heteroatoms. The van der Waals surface area contributed by atoms with Gasteiger partial charge in [-0.2, -0.15) is 10.4 Å². The van der Waals surface area contributed by atoms with E-state index in [9.17, 15) is 14.9 Å². The number of aromatic amines is 1. The van der Waals surface area contributed by atoms with E-state index in [0.717, 1.165) is 16.7 Å². The van der Waals surface area contributed by atoms with Crippen LogP contribution in [-0.2, 0) is 0 Å². The van der Waals surface area contributed by atoms with Crippen molar-refractivity contribution in [2.24, 2.45) is 5.73 Å². The Labute approximate surface area is 207 Å². The number of thiophene rings is 1. The molecule has 5 rings (SSSR count). The number of nitriles is 1. The van der Waals surface area contributed by atoms with Gasteiger partial charge in [-0.1, -0.05) is 18.2 Å². The van der Waals surface area contributed by atoms with Gasteiger partial charge in [0.05, 0.1) is 35.8 Å². The lowest BCUT2D eigenvalue weighted by atomic mass is 9.96. The van der Waals surface area contributed by atoms with Crippen molar-refractivity contribution in [3.63, 3.8) is 0 Å². The molecule has 0 saturated heterocycles. The highest BCUT2D eigenvalue weighted by atomic mass is 32.1. The predicted molar refractivity (Wildman–Crippen MR) is 138 cm³/mol. The van der Waals surface area contributed by atoms with E-state index in [1.807, 2.05) is 6.07 Å². The first-order valence-corrected chi connectivity index (χ1v) is 11.3. The molecule has 0 atom stereocenters. The number of carbonyl (C=O) groups is 2. The van der Waals surface area contributed by atoms with E-state index >= 15 is 0 Å². The van der Waals surface area contributed by atoms with Crippen molar-refractivity contribution in [1.82, 2.24) is 15.2 Å². The molecule has 3 aromatic heterocycles. The molecule has 36 heavy (non-hydrogen) atoms. The number of nitrogens with two attached hydrogens (primary N) is 3. The van der Waals surface area contributed by atoms with Crippen molar-refractivity contribution in [1.29, 1.82) is 5.26 Å². The van der Waals surface area contributed by atoms with Gasteiger partial charge in [0.15, 0.2) is 0 Å². The second kappa shape index (κ2) is 8.57. The van der Waals surface area contributed by atoms with E-state index < -0.39 is 11.8 Å². The smallest absolute Gasteiger partial charge is 0.260 e. The maximum absolute atomic E-state index is 13.2. The Hall–Kier alpha value is -5.15. The number of methoxy groups -OCH3 is 1. The third-order valence-corrected chi connectivity index (χ3v) is 6.81. The first-order valence-electron chi connectivity index (χ1n) is 10.5. The topological polar surface area (TPSA) is 199 Å². The van der Waals surface area contributed by atoms with Crippen molar-refractivity contribution in [3.05, 3.63) is 58.6 Å². The molecular weight excluding hydrogens is 480 g/mol. The van der Waals surface area contributed by atoms with Crippen LogP contribution in [0.4, 0.5) is 17.2 Å². The number of hydrogen-bond donors (Lipinski definition) is 5. The van der Waals surface area contributed by atoms with E-state index in [2.05, 4.69) is 26.6 Å². The second-order valence-electron chi connectivity index (χ2n) is 7.76. The summed E-state index contributed by atoms with van der Waals surface area (Å²) in [7, 11) is 1.47. The monoisotopic (exact) mass is 498 g/mol. The third kappa shape index (κ3) is 3.51. The number of H-pyrrole nitrogens is 1. The van der Waals surface area contributed by atoms with Crippen molar-refractivity contribution in [2.45, 2.75) is 0 Å². The molecule has 0 aliphatic heterocycles. The number of hydrogen-bond acceptors (Lipinski definition) is 9. The first kappa shape index (κ1) is 22.6. The highest BCUT2D eigenvalue weighted by Gasteiger charge is 2.24. The number of nitrogen functional groups attached to an aromatic ring is 2. The summed E-state index contributed by atoms with van der Waals surface area (Å²) < 4.78 is 5.45. The van der Waals surface area contributed by atoms with Gasteiger partial charge in [-0.25, -0.2) is 4.98 Å². The lowest BCUT2D eigenvalue weighted by Crippen LogP contribution is -2.13. The minimum absolute atomic E-state index is 0.0235. The van der Waals surface area contributed by atoms with Crippen LogP contribution in [0.5, 0.6) is 5.75 Å². The van der Waals surface area contributed by atoms with Gasteiger partial charge in [0, 0.05) is 16.3 Å². The zero-order valence-corrected chi connectivity index (χ0v) is 19.6. The fraction of sp³-hybridized carbons (Fsp3) is 0.0417. The molecule has 8 N–H and O–H groups in total. The number of aromatic nitrogens is 3. The van der Waals surface area contributed by atoms with Crippen LogP contribution in [0, 0.1) is 11.3 Å². The third-order valence-electron chi connectivity index (χ3n) is 5.70. The minimum Gasteiger partial charge on any atom is -0.495 e. The quantitative estimate of drug-likeness (QED) is 0.243. The number of primary amides is 1. The van der Waals surface area contributed by atoms with Crippen LogP contribution in [-0.4, -0.2) is 34.1 Å². The van der Waals surface area contributed by atoms with Gasteiger partial charge in [0.25, 0.3) is 11.8 Å². The Kier molecular flexibility index (Phi) is 5.39. The molecule has 3 heterocycles. The Morgan fingerprint density at radius 3 is 2.75 bits per heavy atom. The van der Waals surface area contributed by atoms with Gasteiger partial charge < -0.3 is 27.3 Å². The number of carbonyl (C=O) groups excluding carboxylic acids is 2. The van der Waals surface area contributed by atoms with Crippen molar-refractivity contribution < 1.29 is 14.3 Å². The van der Waals surface area contributed by atoms with Gasteiger partial charge >= 0.3 is 0 Å². The summed E-state index contributed by atoms with van der Waals surface area (Å²) in [5, 5.41) is 20.7. The fourth-order valence-corrected chi connectivity index (χ4v) is 5.03. The normalized spacial score (nSPS) is 10.9. The summed E-state index contributed by atoms with van der Waals surface area (Å²) >= 11 is 0.992. The Morgan fingerprint density at radius 2 is 2.03 bits per heavy atom. The first-order chi connectivity index (χ1) is 17.3. The molecule has 0 unspecified atom stereocenters. The molecule has 0 bridgehead atoms. The summed E-state index contributed by atoms with van der Waals surface area (Å²) in [6.07, 6.45) is 1.63. The van der Waals surface area contributed by atoms with Gasteiger partial charge in [-0.05, 0) is 23.8 Å². The van der Waals surface area contributed by atoms with E-state index in [1.54, 1.807) is 36.5 Å². The number of benzene rings is 2. The predicted octanol–water partition coefficient (Wildman–Crippen LogP) is 3.24. The van der Waals surface area contributed by atoms with Crippen LogP contribution in [0.15, 0.2) is 42.6 Å². The lowest BCUT2D eigenvalue weighted by Gasteiger charge is -2.15. The van der Waals surface area contributed by atoms with Gasteiger partial charge in [0.2, 0.25) is 0 Å². The van der Waals surface area contributed by atoms with Crippen LogP contribution in [0.2, 0.25) is 0 Å². The van der Waals surface area contributed by atoms with Crippen LogP contribution in [0.3, 0.4) is 0 Å². The van der Waals surface area contributed by atoms with Gasteiger partial charge in [0.1, 0.15) is 32.9 Å². The molecule has 0 spiro atoms. The van der Waals surface area contributed by atoms with Crippen LogP contribution < -0.4 is 27.3 Å². The number of anilines is 3. The van der Waals surface area contributed by atoms with E-state index in [0.29, 0.717) is 43.9 Å². The molecule has 178 valence electrons. The summed E-state index contributed by atoms with van der Waals surface area (Å²) in [6, 6.07) is 12.3. The Balaban J connectivity index is 1.68. The Morgan fingerprint density at radius 1 is 1.22 bits per heavy atom. The van der Waals surface area contributed by atoms with Crippen LogP contribution >= 0.6 is 11.3 Å². The molecule has 0 fully saturated rings. The van der Waals surface area contributed by atoms with Crippen molar-refractivity contribution in [2.75, 3.05) is 23.9 Å². The van der Waals surface area contributed by atoms with E-state index in [1.165, 1.54) is 7.11 Å². The van der Waals surface area contributed by atoms with Crippen molar-refractivity contribution >= 4 is 61.5 Å². The zero-order chi connectivity index (χ0) is 25.6. The minimum atomic E-state index is -0.714. The summed E-state index contributed by atoms with van der Waals surface area (Å²) in [4.78, 5) is 29.8. The fourth-order valence-electron chi connectivity index (χ4n) is 4.06. The number of nitrogens with one attached hydrogen (secondary N) is 2. The molecule has 5 aromatic rings. The average molecular weight is 499 g/mol. The number of para-hydroxylation sites is 1. The lowest BCUT2D eigenvalue weighted by molar-refractivity contribution is 0.100. The van der Waals surface area contributed by atoms with E-state index in [-0.39, 0.29) is 21.9 Å². The summed E-state index contributed by atoms with van der Waals surface area (Å²) in [5.41, 5.74) is 20.2. The molecule has 0 aliphatic rings. The maximum atomic E-state index is 13.2. The second-order valence-corrected chi connectivity index (χ2v) is 8.76. The average Bonchev–Trinajstić information content (AvgIpc) is 3.47. The van der Waals surface area contributed by atoms with Crippen LogP contribution in [0.25, 0.3) is 32.2 Å². The highest BCUT2D eigenvalue weighted by Crippen LogP contribution is 2.44. The SMILES string of the molecule is COc1ccc(-c2c(C#N)c(N)nc3sc(C(N)=O)c(N)c23)cc1NC(=O)c1cccc2cn[nH]c12. The summed E-state index contributed by atoms with van der Waals surface area (Å²) in [6.45, 7) is 0. The number of nitrogens with zero attached hydrogens (tertiary/aromatic N) is 3. The standard InChI is InChI=1S/C24H18N8O3S/c1-35-15-6-5-10(7-14(15)30-23(34)12-4-2-3-11-9-29-32-19(11)12)16-13(8-25)21(27)31-24-17(16)18(26)20(36-24)22(28)33/h2-7,9H,26H2,1H3,(H2,27,31)(H2,28,33)(H,29,32)(H,30,34). The molecule has 2 aromatic carbocycles. The molecule has 2 amide bonds. The largest absolute Gasteiger partial charge is 0.495 e. The maximum Gasteiger partial charge on any atom is 0.260 e. The number of rotatable bonds is 5. The van der Waals surface area contributed by atoms with Gasteiger partial charge in [-0.3, -0.25) is 14.7 Å². The number of amides is 2. The molecular formula is C24H18N8O3S. The zero-order valence-electron chi connectivity index (χ0n) is 18.7. The highest BCUT2D eigenvalue weighted by molar-refractivity contribution is 7.21. The van der Waals surface area contributed by atoms with Crippen LogP contribution in [0.1, 0.15) is 25.6 Å².